The second-order valence-electron chi connectivity index (χ2n) is 4.39. The van der Waals surface area contributed by atoms with E-state index in [0.717, 1.165) is 3.57 Å². The van der Waals surface area contributed by atoms with Crippen molar-refractivity contribution in [3.05, 3.63) is 68.9 Å². The van der Waals surface area contributed by atoms with Gasteiger partial charge < -0.3 is 15.5 Å². The van der Waals surface area contributed by atoms with E-state index in [2.05, 4.69) is 5.32 Å². The highest BCUT2D eigenvalue weighted by atomic mass is 127. The molecule has 0 spiro atoms. The Morgan fingerprint density at radius 1 is 1.05 bits per heavy atom. The maximum atomic E-state index is 12.2. The standard InChI is InChI=1S/C16H12INO4/c17-13-4-2-1-3-12(13)15(20)18-14(16(21)22)9-10-5-7-11(19)8-6-10/h1-9,19H,(H,18,20)(H,21,22)/b14-9+. The summed E-state index contributed by atoms with van der Waals surface area (Å²) in [6, 6.07) is 12.9. The van der Waals surface area contributed by atoms with E-state index in [1.54, 1.807) is 36.4 Å². The molecule has 2 aromatic rings. The third kappa shape index (κ3) is 4.08. The third-order valence-corrected chi connectivity index (χ3v) is 3.74. The first-order valence-corrected chi connectivity index (χ1v) is 7.35. The van der Waals surface area contributed by atoms with Crippen LogP contribution in [0.25, 0.3) is 6.08 Å². The van der Waals surface area contributed by atoms with Gasteiger partial charge in [0.15, 0.2) is 0 Å². The van der Waals surface area contributed by atoms with E-state index in [1.807, 2.05) is 22.6 Å². The number of benzene rings is 2. The minimum Gasteiger partial charge on any atom is -0.508 e. The van der Waals surface area contributed by atoms with Gasteiger partial charge in [-0.25, -0.2) is 4.79 Å². The fourth-order valence-corrected chi connectivity index (χ4v) is 2.36. The van der Waals surface area contributed by atoms with Gasteiger partial charge in [-0.15, -0.1) is 0 Å². The van der Waals surface area contributed by atoms with Gasteiger partial charge >= 0.3 is 5.97 Å². The fourth-order valence-electron chi connectivity index (χ4n) is 1.72. The minimum absolute atomic E-state index is 0.0805. The van der Waals surface area contributed by atoms with Crippen LogP contribution in [0.3, 0.4) is 0 Å². The highest BCUT2D eigenvalue weighted by Crippen LogP contribution is 2.14. The summed E-state index contributed by atoms with van der Waals surface area (Å²) in [4.78, 5) is 23.5. The van der Waals surface area contributed by atoms with E-state index in [1.165, 1.54) is 18.2 Å². The van der Waals surface area contributed by atoms with E-state index in [-0.39, 0.29) is 11.4 Å². The lowest BCUT2D eigenvalue weighted by Crippen LogP contribution is -2.27. The normalized spacial score (nSPS) is 11.0. The Morgan fingerprint density at radius 2 is 1.68 bits per heavy atom. The van der Waals surface area contributed by atoms with Gasteiger partial charge in [-0.1, -0.05) is 24.3 Å². The lowest BCUT2D eigenvalue weighted by Gasteiger charge is -2.07. The summed E-state index contributed by atoms with van der Waals surface area (Å²) < 4.78 is 0.729. The van der Waals surface area contributed by atoms with Gasteiger partial charge in [0.25, 0.3) is 5.91 Å². The van der Waals surface area contributed by atoms with Crippen LogP contribution in [0.2, 0.25) is 0 Å². The van der Waals surface area contributed by atoms with E-state index >= 15 is 0 Å². The molecule has 0 bridgehead atoms. The first kappa shape index (κ1) is 16.0. The maximum absolute atomic E-state index is 12.2. The van der Waals surface area contributed by atoms with Crippen LogP contribution in [0, 0.1) is 3.57 Å². The number of amides is 1. The summed E-state index contributed by atoms with van der Waals surface area (Å²) in [5.41, 5.74) is 0.717. The van der Waals surface area contributed by atoms with Crippen molar-refractivity contribution < 1.29 is 19.8 Å². The molecule has 6 heteroatoms. The van der Waals surface area contributed by atoms with Crippen molar-refractivity contribution in [1.82, 2.24) is 5.32 Å². The predicted octanol–water partition coefficient (Wildman–Crippen LogP) is 2.85. The quantitative estimate of drug-likeness (QED) is 0.536. The van der Waals surface area contributed by atoms with Crippen LogP contribution in [-0.4, -0.2) is 22.1 Å². The molecule has 3 N–H and O–H groups in total. The van der Waals surface area contributed by atoms with Gasteiger partial charge in [-0.05, 0) is 58.5 Å². The molecule has 0 atom stereocenters. The van der Waals surface area contributed by atoms with Crippen LogP contribution < -0.4 is 5.32 Å². The molecule has 22 heavy (non-hydrogen) atoms. The summed E-state index contributed by atoms with van der Waals surface area (Å²) in [5, 5.41) is 20.8. The van der Waals surface area contributed by atoms with E-state index < -0.39 is 11.9 Å². The van der Waals surface area contributed by atoms with Crippen LogP contribution in [-0.2, 0) is 4.79 Å². The molecule has 0 unspecified atom stereocenters. The second kappa shape index (κ2) is 7.08. The Bertz CT molecular complexity index is 738. The van der Waals surface area contributed by atoms with Crippen molar-refractivity contribution in [3.63, 3.8) is 0 Å². The smallest absolute Gasteiger partial charge is 0.352 e. The summed E-state index contributed by atoms with van der Waals surface area (Å²) in [5.74, 6) is -1.65. The zero-order valence-electron chi connectivity index (χ0n) is 11.3. The van der Waals surface area contributed by atoms with Gasteiger partial charge in [0.2, 0.25) is 0 Å². The predicted molar refractivity (Wildman–Crippen MR) is 90.3 cm³/mol. The molecular weight excluding hydrogens is 397 g/mol. The topological polar surface area (TPSA) is 86.6 Å². The van der Waals surface area contributed by atoms with E-state index in [4.69, 9.17) is 0 Å². The number of carboxylic acids is 1. The Hall–Kier alpha value is -2.35. The molecule has 0 heterocycles. The number of carbonyl (C=O) groups is 2. The number of halogens is 1. The summed E-state index contributed by atoms with van der Waals surface area (Å²) >= 11 is 2.01. The van der Waals surface area contributed by atoms with Crippen LogP contribution >= 0.6 is 22.6 Å². The number of hydrogen-bond acceptors (Lipinski definition) is 3. The highest BCUT2D eigenvalue weighted by molar-refractivity contribution is 14.1. The zero-order valence-corrected chi connectivity index (χ0v) is 13.4. The Morgan fingerprint density at radius 3 is 2.27 bits per heavy atom. The number of nitrogens with one attached hydrogen (secondary N) is 1. The van der Waals surface area contributed by atoms with Crippen molar-refractivity contribution >= 4 is 40.5 Å². The molecule has 0 aliphatic heterocycles. The molecule has 2 rings (SSSR count). The van der Waals surface area contributed by atoms with Crippen LogP contribution in [0.1, 0.15) is 15.9 Å². The minimum atomic E-state index is -1.24. The average molecular weight is 409 g/mol. The van der Waals surface area contributed by atoms with Crippen LogP contribution in [0.15, 0.2) is 54.2 Å². The lowest BCUT2D eigenvalue weighted by molar-refractivity contribution is -0.132. The molecule has 0 aromatic heterocycles. The Labute approximate surface area is 140 Å². The summed E-state index contributed by atoms with van der Waals surface area (Å²) in [6.45, 7) is 0. The van der Waals surface area contributed by atoms with Crippen molar-refractivity contribution in [2.24, 2.45) is 0 Å². The van der Waals surface area contributed by atoms with Crippen molar-refractivity contribution in [2.45, 2.75) is 0 Å². The second-order valence-corrected chi connectivity index (χ2v) is 5.55. The number of phenols is 1. The number of hydrogen-bond donors (Lipinski definition) is 3. The van der Waals surface area contributed by atoms with E-state index in [0.29, 0.717) is 11.1 Å². The molecule has 2 aromatic carbocycles. The van der Waals surface area contributed by atoms with E-state index in [9.17, 15) is 19.8 Å². The molecule has 5 nitrogen and oxygen atoms in total. The van der Waals surface area contributed by atoms with Crippen molar-refractivity contribution in [1.29, 1.82) is 0 Å². The monoisotopic (exact) mass is 409 g/mol. The number of carboxylic acid groups (broad SMARTS) is 1. The molecular formula is C16H12INO4. The molecule has 0 saturated carbocycles. The lowest BCUT2D eigenvalue weighted by atomic mass is 10.1. The zero-order chi connectivity index (χ0) is 16.1. The SMILES string of the molecule is O=C(O)/C(=C\c1ccc(O)cc1)NC(=O)c1ccccc1I. The van der Waals surface area contributed by atoms with Gasteiger partial charge in [0, 0.05) is 3.57 Å². The molecule has 0 aliphatic rings. The summed E-state index contributed by atoms with van der Waals surface area (Å²) in [6.07, 6.45) is 1.33. The first-order chi connectivity index (χ1) is 10.5. The molecule has 0 fully saturated rings. The largest absolute Gasteiger partial charge is 0.508 e. The van der Waals surface area contributed by atoms with Gasteiger partial charge in [-0.3, -0.25) is 4.79 Å². The van der Waals surface area contributed by atoms with Crippen molar-refractivity contribution in [2.75, 3.05) is 0 Å². The average Bonchev–Trinajstić information content (AvgIpc) is 2.49. The highest BCUT2D eigenvalue weighted by Gasteiger charge is 2.15. The van der Waals surface area contributed by atoms with Gasteiger partial charge in [0.1, 0.15) is 11.4 Å². The van der Waals surface area contributed by atoms with Gasteiger partial charge in [0.05, 0.1) is 5.56 Å². The fraction of sp³-hybridized carbons (Fsp3) is 0. The Balaban J connectivity index is 2.26. The molecule has 0 aliphatic carbocycles. The Kier molecular flexibility index (Phi) is 5.16. The van der Waals surface area contributed by atoms with Crippen molar-refractivity contribution in [3.8, 4) is 5.75 Å². The number of aromatic hydroxyl groups is 1. The number of phenolic OH excluding ortho intramolecular Hbond substituents is 1. The number of rotatable bonds is 4. The first-order valence-electron chi connectivity index (χ1n) is 6.27. The number of carbonyl (C=O) groups excluding carboxylic acids is 1. The molecule has 112 valence electrons. The molecule has 0 radical (unpaired) electrons. The van der Waals surface area contributed by atoms with Gasteiger partial charge in [-0.2, -0.15) is 0 Å². The summed E-state index contributed by atoms with van der Waals surface area (Å²) in [7, 11) is 0. The maximum Gasteiger partial charge on any atom is 0.352 e. The number of aliphatic carboxylic acids is 1. The van der Waals surface area contributed by atoms with Crippen LogP contribution in [0.5, 0.6) is 5.75 Å². The molecule has 1 amide bonds. The molecule has 0 saturated heterocycles. The third-order valence-electron chi connectivity index (χ3n) is 2.80. The van der Waals surface area contributed by atoms with Crippen LogP contribution in [0.4, 0.5) is 0 Å².